The van der Waals surface area contributed by atoms with E-state index in [-0.39, 0.29) is 17.3 Å². The average molecular weight is 447 g/mol. The molecule has 2 aromatic carbocycles. The van der Waals surface area contributed by atoms with Gasteiger partial charge in [-0.1, -0.05) is 45.9 Å². The summed E-state index contributed by atoms with van der Waals surface area (Å²) in [7, 11) is 0. The lowest BCUT2D eigenvalue weighted by Gasteiger charge is -2.10. The van der Waals surface area contributed by atoms with E-state index >= 15 is 0 Å². The van der Waals surface area contributed by atoms with Gasteiger partial charge in [0.25, 0.3) is 0 Å². The normalized spacial score (nSPS) is 13.6. The summed E-state index contributed by atoms with van der Waals surface area (Å²) in [5.74, 6) is 0.703. The summed E-state index contributed by atoms with van der Waals surface area (Å²) in [6, 6.07) is 14.4. The molecule has 138 valence electrons. The summed E-state index contributed by atoms with van der Waals surface area (Å²) in [4.78, 5) is 12.3. The number of halogens is 2. The van der Waals surface area contributed by atoms with Crippen LogP contribution in [0.5, 0.6) is 0 Å². The number of thioether (sulfide) groups is 1. The maximum Gasteiger partial charge on any atom is 0.234 e. The molecular formula is C19H16BrFN4OS. The number of nitrogens with zero attached hydrogens (tertiary/aromatic N) is 3. The van der Waals surface area contributed by atoms with Crippen molar-refractivity contribution in [3.63, 3.8) is 0 Å². The molecular weight excluding hydrogens is 431 g/mol. The van der Waals surface area contributed by atoms with Crippen LogP contribution in [0.4, 0.5) is 10.1 Å². The lowest BCUT2D eigenvalue weighted by atomic mass is 10.3. The fourth-order valence-corrected chi connectivity index (χ4v) is 3.80. The molecule has 0 bridgehead atoms. The second-order valence-electron chi connectivity index (χ2n) is 6.25. The summed E-state index contributed by atoms with van der Waals surface area (Å²) in [6.07, 6.45) is 2.22. The summed E-state index contributed by atoms with van der Waals surface area (Å²) < 4.78 is 16.5. The Morgan fingerprint density at radius 1 is 1.22 bits per heavy atom. The zero-order valence-corrected chi connectivity index (χ0v) is 16.6. The van der Waals surface area contributed by atoms with E-state index in [2.05, 4.69) is 31.4 Å². The SMILES string of the molecule is O=C(CSc1nnc(C2CC2)n1-c1ccccc1)Nc1ccc(Br)cc1F. The molecule has 0 radical (unpaired) electrons. The minimum atomic E-state index is -0.480. The maximum absolute atomic E-state index is 13.9. The number of benzene rings is 2. The van der Waals surface area contributed by atoms with Gasteiger partial charge in [0.05, 0.1) is 11.4 Å². The van der Waals surface area contributed by atoms with Gasteiger partial charge in [0, 0.05) is 16.1 Å². The highest BCUT2D eigenvalue weighted by Gasteiger charge is 2.31. The van der Waals surface area contributed by atoms with E-state index in [1.165, 1.54) is 23.9 Å². The summed E-state index contributed by atoms with van der Waals surface area (Å²) in [5, 5.41) is 11.9. The molecule has 3 aromatic rings. The molecule has 0 spiro atoms. The van der Waals surface area contributed by atoms with E-state index in [1.807, 2.05) is 34.9 Å². The van der Waals surface area contributed by atoms with Gasteiger partial charge in [-0.05, 0) is 43.2 Å². The molecule has 0 unspecified atom stereocenters. The van der Waals surface area contributed by atoms with Crippen LogP contribution < -0.4 is 5.32 Å². The number of rotatable bonds is 6. The van der Waals surface area contributed by atoms with E-state index in [9.17, 15) is 9.18 Å². The van der Waals surface area contributed by atoms with Crippen molar-refractivity contribution in [1.29, 1.82) is 0 Å². The fourth-order valence-electron chi connectivity index (χ4n) is 2.71. The van der Waals surface area contributed by atoms with E-state index in [0.29, 0.717) is 15.5 Å². The van der Waals surface area contributed by atoms with E-state index in [0.717, 1.165) is 24.4 Å². The van der Waals surface area contributed by atoms with E-state index in [4.69, 9.17) is 0 Å². The largest absolute Gasteiger partial charge is 0.323 e. The van der Waals surface area contributed by atoms with Crippen LogP contribution in [0.15, 0.2) is 58.2 Å². The Morgan fingerprint density at radius 2 is 2.00 bits per heavy atom. The molecule has 1 aliphatic rings. The zero-order valence-electron chi connectivity index (χ0n) is 14.2. The summed E-state index contributed by atoms with van der Waals surface area (Å²) in [5.41, 5.74) is 1.14. The molecule has 1 heterocycles. The number of aromatic nitrogens is 3. The number of anilines is 1. The molecule has 27 heavy (non-hydrogen) atoms. The first kappa shape index (κ1) is 18.2. The third-order valence-electron chi connectivity index (χ3n) is 4.15. The Balaban J connectivity index is 1.49. The number of amides is 1. The molecule has 8 heteroatoms. The topological polar surface area (TPSA) is 59.8 Å². The van der Waals surface area contributed by atoms with Gasteiger partial charge in [-0.3, -0.25) is 9.36 Å². The minimum absolute atomic E-state index is 0.116. The van der Waals surface area contributed by atoms with Gasteiger partial charge in [0.1, 0.15) is 11.6 Å². The first-order chi connectivity index (χ1) is 13.1. The molecule has 1 saturated carbocycles. The Hall–Kier alpha value is -2.19. The molecule has 4 rings (SSSR count). The molecule has 1 aliphatic carbocycles. The first-order valence-electron chi connectivity index (χ1n) is 8.50. The summed E-state index contributed by atoms with van der Waals surface area (Å²) in [6.45, 7) is 0. The Bertz CT molecular complexity index is 975. The van der Waals surface area contributed by atoms with Crippen LogP contribution in [-0.4, -0.2) is 26.4 Å². The smallest absolute Gasteiger partial charge is 0.234 e. The number of hydrogen-bond donors (Lipinski definition) is 1. The Labute approximate surface area is 168 Å². The first-order valence-corrected chi connectivity index (χ1v) is 10.3. The molecule has 1 amide bonds. The number of nitrogens with one attached hydrogen (secondary N) is 1. The standard InChI is InChI=1S/C19H16BrFN4OS/c20-13-8-9-16(15(21)10-13)22-17(26)11-27-19-24-23-18(12-6-7-12)25(19)14-4-2-1-3-5-14/h1-5,8-10,12H,6-7,11H2,(H,22,26). The molecule has 0 saturated heterocycles. The predicted molar refractivity (Wildman–Crippen MR) is 107 cm³/mol. The molecule has 0 aliphatic heterocycles. The van der Waals surface area contributed by atoms with Crippen LogP contribution in [0.1, 0.15) is 24.6 Å². The Kier molecular flexibility index (Phi) is 5.27. The van der Waals surface area contributed by atoms with Crippen LogP contribution in [-0.2, 0) is 4.79 Å². The highest BCUT2D eigenvalue weighted by molar-refractivity contribution is 9.10. The lowest BCUT2D eigenvalue weighted by Crippen LogP contribution is -2.15. The highest BCUT2D eigenvalue weighted by atomic mass is 79.9. The van der Waals surface area contributed by atoms with Crippen molar-refractivity contribution < 1.29 is 9.18 Å². The van der Waals surface area contributed by atoms with Crippen molar-refractivity contribution in [2.45, 2.75) is 23.9 Å². The third-order valence-corrected chi connectivity index (χ3v) is 5.58. The second-order valence-corrected chi connectivity index (χ2v) is 8.11. The van der Waals surface area contributed by atoms with Gasteiger partial charge in [-0.25, -0.2) is 4.39 Å². The second kappa shape index (κ2) is 7.82. The van der Waals surface area contributed by atoms with Crippen LogP contribution >= 0.6 is 27.7 Å². The van der Waals surface area contributed by atoms with Gasteiger partial charge >= 0.3 is 0 Å². The fraction of sp³-hybridized carbons (Fsp3) is 0.211. The van der Waals surface area contributed by atoms with Crippen molar-refractivity contribution in [2.75, 3.05) is 11.1 Å². The predicted octanol–water partition coefficient (Wildman–Crippen LogP) is 4.78. The Morgan fingerprint density at radius 3 is 2.70 bits per heavy atom. The molecule has 1 fully saturated rings. The molecule has 5 nitrogen and oxygen atoms in total. The van der Waals surface area contributed by atoms with Crippen molar-refractivity contribution in [3.8, 4) is 5.69 Å². The van der Waals surface area contributed by atoms with Gasteiger partial charge in [0.2, 0.25) is 5.91 Å². The number of carbonyl (C=O) groups excluding carboxylic acids is 1. The molecule has 1 aromatic heterocycles. The van der Waals surface area contributed by atoms with Crippen LogP contribution in [0, 0.1) is 5.82 Å². The van der Waals surface area contributed by atoms with Crippen LogP contribution in [0.25, 0.3) is 5.69 Å². The number of carbonyl (C=O) groups is 1. The van der Waals surface area contributed by atoms with Crippen molar-refractivity contribution in [2.24, 2.45) is 0 Å². The van der Waals surface area contributed by atoms with Crippen molar-refractivity contribution >= 4 is 39.3 Å². The van der Waals surface area contributed by atoms with Crippen molar-refractivity contribution in [3.05, 3.63) is 64.6 Å². The molecule has 0 atom stereocenters. The van der Waals surface area contributed by atoms with Crippen molar-refractivity contribution in [1.82, 2.24) is 14.8 Å². The van der Waals surface area contributed by atoms with Gasteiger partial charge in [0.15, 0.2) is 5.16 Å². The van der Waals surface area contributed by atoms with E-state index < -0.39 is 5.82 Å². The lowest BCUT2D eigenvalue weighted by molar-refractivity contribution is -0.113. The van der Waals surface area contributed by atoms with Gasteiger partial charge < -0.3 is 5.32 Å². The highest BCUT2D eigenvalue weighted by Crippen LogP contribution is 2.41. The minimum Gasteiger partial charge on any atom is -0.323 e. The molecule has 1 N–H and O–H groups in total. The number of para-hydroxylation sites is 1. The van der Waals surface area contributed by atoms with Gasteiger partial charge in [-0.2, -0.15) is 0 Å². The third kappa shape index (κ3) is 4.22. The maximum atomic E-state index is 13.9. The number of hydrogen-bond acceptors (Lipinski definition) is 4. The zero-order chi connectivity index (χ0) is 18.8. The monoisotopic (exact) mass is 446 g/mol. The van der Waals surface area contributed by atoms with Gasteiger partial charge in [-0.15, -0.1) is 10.2 Å². The average Bonchev–Trinajstić information content (AvgIpc) is 3.42. The van der Waals surface area contributed by atoms with E-state index in [1.54, 1.807) is 6.07 Å². The summed E-state index contributed by atoms with van der Waals surface area (Å²) >= 11 is 4.49. The van der Waals surface area contributed by atoms with Crippen LogP contribution in [0.3, 0.4) is 0 Å². The quantitative estimate of drug-likeness (QED) is 0.553. The van der Waals surface area contributed by atoms with Crippen LogP contribution in [0.2, 0.25) is 0 Å².